The molecule has 0 saturated heterocycles. The molecule has 0 unspecified atom stereocenters. The van der Waals surface area contributed by atoms with Crippen molar-refractivity contribution in [1.29, 1.82) is 0 Å². The van der Waals surface area contributed by atoms with Crippen LogP contribution in [0.1, 0.15) is 5.89 Å². The molecule has 0 aliphatic carbocycles. The molecular weight excluding hydrogens is 413 g/mol. The highest BCUT2D eigenvalue weighted by Crippen LogP contribution is 2.32. The zero-order valence-electron chi connectivity index (χ0n) is 12.8. The second kappa shape index (κ2) is 6.39. The van der Waals surface area contributed by atoms with E-state index in [-0.39, 0.29) is 39.2 Å². The molecular formula is C12H9Cl2N5O6S. The van der Waals surface area contributed by atoms with Gasteiger partial charge in [0.25, 0.3) is 0 Å². The molecule has 11 nitrogen and oxygen atoms in total. The molecule has 0 fully saturated rings. The third kappa shape index (κ3) is 3.44. The number of aromatic amines is 2. The number of halogens is 2. The van der Waals surface area contributed by atoms with Crippen molar-refractivity contribution < 1.29 is 12.8 Å². The van der Waals surface area contributed by atoms with E-state index in [1.807, 2.05) is 0 Å². The molecule has 0 aliphatic rings. The quantitative estimate of drug-likeness (QED) is 0.487. The fourth-order valence-corrected chi connectivity index (χ4v) is 2.92. The highest BCUT2D eigenvalue weighted by molar-refractivity contribution is 7.88. The van der Waals surface area contributed by atoms with Gasteiger partial charge >= 0.3 is 16.9 Å². The molecule has 0 saturated carbocycles. The van der Waals surface area contributed by atoms with Gasteiger partial charge in [0.05, 0.1) is 33.9 Å². The van der Waals surface area contributed by atoms with Crippen LogP contribution in [0.25, 0.3) is 16.7 Å². The van der Waals surface area contributed by atoms with Gasteiger partial charge < -0.3 is 14.4 Å². The van der Waals surface area contributed by atoms with Gasteiger partial charge in [0.2, 0.25) is 15.9 Å². The van der Waals surface area contributed by atoms with Crippen molar-refractivity contribution in [2.24, 2.45) is 0 Å². The second-order valence-corrected chi connectivity index (χ2v) is 7.74. The van der Waals surface area contributed by atoms with Crippen LogP contribution in [0, 0.1) is 0 Å². The van der Waals surface area contributed by atoms with Gasteiger partial charge in [-0.15, -0.1) is 5.10 Å². The summed E-state index contributed by atoms with van der Waals surface area (Å²) in [7, 11) is -3.55. The Bertz CT molecular complexity index is 1300. The summed E-state index contributed by atoms with van der Waals surface area (Å²) >= 11 is 12.1. The van der Waals surface area contributed by atoms with E-state index >= 15 is 0 Å². The summed E-state index contributed by atoms with van der Waals surface area (Å²) in [5, 5.41) is 3.68. The number of H-pyrrole nitrogens is 2. The molecule has 1 aromatic carbocycles. The molecule has 3 aromatic rings. The lowest BCUT2D eigenvalue weighted by Gasteiger charge is -2.08. The van der Waals surface area contributed by atoms with Crippen LogP contribution in [-0.4, -0.2) is 34.4 Å². The van der Waals surface area contributed by atoms with Crippen molar-refractivity contribution in [3.63, 3.8) is 0 Å². The Labute approximate surface area is 153 Å². The van der Waals surface area contributed by atoms with Crippen LogP contribution < -0.4 is 21.6 Å². The first-order valence-corrected chi connectivity index (χ1v) is 9.40. The van der Waals surface area contributed by atoms with E-state index in [0.717, 1.165) is 6.26 Å². The van der Waals surface area contributed by atoms with Crippen molar-refractivity contribution in [2.45, 2.75) is 6.54 Å². The molecule has 0 radical (unpaired) electrons. The van der Waals surface area contributed by atoms with Gasteiger partial charge in [-0.25, -0.2) is 17.9 Å². The third-order valence-corrected chi connectivity index (χ3v) is 4.62. The maximum Gasteiger partial charge on any atom is 0.442 e. The topological polar surface area (TPSA) is 160 Å². The smallest absolute Gasteiger partial charge is 0.391 e. The lowest BCUT2D eigenvalue weighted by Crippen LogP contribution is -2.29. The minimum Gasteiger partial charge on any atom is -0.391 e. The van der Waals surface area contributed by atoms with Gasteiger partial charge in [-0.3, -0.25) is 9.59 Å². The number of sulfonamides is 1. The van der Waals surface area contributed by atoms with Crippen LogP contribution >= 0.6 is 23.2 Å². The Kier molecular flexibility index (Phi) is 4.52. The van der Waals surface area contributed by atoms with Crippen LogP contribution in [0.2, 0.25) is 10.0 Å². The molecule has 0 bridgehead atoms. The van der Waals surface area contributed by atoms with E-state index in [9.17, 15) is 22.8 Å². The Morgan fingerprint density at radius 1 is 1.23 bits per heavy atom. The van der Waals surface area contributed by atoms with Gasteiger partial charge in [0.15, 0.2) is 0 Å². The molecule has 3 N–H and O–H groups in total. The maximum atomic E-state index is 12.1. The number of hydrogen-bond acceptors (Lipinski definition) is 7. The zero-order chi connectivity index (χ0) is 19.2. The van der Waals surface area contributed by atoms with Crippen molar-refractivity contribution >= 4 is 44.3 Å². The van der Waals surface area contributed by atoms with Crippen LogP contribution in [-0.2, 0) is 16.6 Å². The molecule has 3 rings (SSSR count). The minimum atomic E-state index is -3.55. The molecule has 2 heterocycles. The van der Waals surface area contributed by atoms with Gasteiger partial charge in [0, 0.05) is 0 Å². The first-order valence-electron chi connectivity index (χ1n) is 6.75. The van der Waals surface area contributed by atoms with E-state index < -0.39 is 26.9 Å². The van der Waals surface area contributed by atoms with Gasteiger partial charge in [-0.05, 0) is 6.07 Å². The first kappa shape index (κ1) is 18.4. The van der Waals surface area contributed by atoms with Crippen molar-refractivity contribution in [1.82, 2.24) is 24.5 Å². The Morgan fingerprint density at radius 3 is 2.54 bits per heavy atom. The molecule has 26 heavy (non-hydrogen) atoms. The summed E-state index contributed by atoms with van der Waals surface area (Å²) in [6.07, 6.45) is 0.921. The van der Waals surface area contributed by atoms with Crippen LogP contribution in [0.5, 0.6) is 0 Å². The molecule has 14 heteroatoms. The van der Waals surface area contributed by atoms with Crippen LogP contribution in [0.15, 0.2) is 24.9 Å². The molecule has 2 aromatic heterocycles. The number of benzene rings is 1. The van der Waals surface area contributed by atoms with Crippen molar-refractivity contribution in [3.05, 3.63) is 53.3 Å². The molecule has 138 valence electrons. The van der Waals surface area contributed by atoms with Crippen LogP contribution in [0.3, 0.4) is 0 Å². The average molecular weight is 422 g/mol. The number of fused-ring (bicyclic) bond motifs is 1. The number of nitrogens with zero attached hydrogens (tertiary/aromatic N) is 2. The predicted molar refractivity (Wildman–Crippen MR) is 92.6 cm³/mol. The highest BCUT2D eigenvalue weighted by atomic mass is 35.5. The number of rotatable bonds is 4. The fraction of sp³-hybridized carbons (Fsp3) is 0.167. The number of aromatic nitrogens is 4. The van der Waals surface area contributed by atoms with E-state index in [1.165, 1.54) is 6.07 Å². The molecule has 0 aliphatic heterocycles. The van der Waals surface area contributed by atoms with Crippen molar-refractivity contribution in [3.8, 4) is 5.69 Å². The Morgan fingerprint density at radius 2 is 1.88 bits per heavy atom. The molecule has 0 atom stereocenters. The highest BCUT2D eigenvalue weighted by Gasteiger charge is 2.20. The lowest BCUT2D eigenvalue weighted by molar-refractivity contribution is 0.452. The monoisotopic (exact) mass is 421 g/mol. The van der Waals surface area contributed by atoms with Gasteiger partial charge in [-0.1, -0.05) is 23.2 Å². The minimum absolute atomic E-state index is 0.0120. The maximum absolute atomic E-state index is 12.1. The van der Waals surface area contributed by atoms with E-state index in [2.05, 4.69) is 19.8 Å². The predicted octanol–water partition coefficient (Wildman–Crippen LogP) is -0.289. The molecule has 0 spiro atoms. The van der Waals surface area contributed by atoms with Gasteiger partial charge in [0.1, 0.15) is 5.69 Å². The average Bonchev–Trinajstić information content (AvgIpc) is 2.89. The SMILES string of the molecule is CS(=O)(=O)NCc1nn(-c2c(Cl)c(Cl)cc3[nH]c(=O)c(=O)[nH]c23)c(=O)o1. The lowest BCUT2D eigenvalue weighted by atomic mass is 10.2. The summed E-state index contributed by atoms with van der Waals surface area (Å²) in [4.78, 5) is 39.8. The van der Waals surface area contributed by atoms with E-state index in [0.29, 0.717) is 4.68 Å². The second-order valence-electron chi connectivity index (χ2n) is 5.12. The van der Waals surface area contributed by atoms with Gasteiger partial charge in [-0.2, -0.15) is 4.68 Å². The first-order chi connectivity index (χ1) is 12.1. The van der Waals surface area contributed by atoms with E-state index in [4.69, 9.17) is 27.6 Å². The Balaban J connectivity index is 2.25. The summed E-state index contributed by atoms with van der Waals surface area (Å²) in [6.45, 7) is -0.384. The number of nitrogens with one attached hydrogen (secondary N) is 3. The van der Waals surface area contributed by atoms with Crippen molar-refractivity contribution in [2.75, 3.05) is 6.26 Å². The Hall–Kier alpha value is -2.41. The van der Waals surface area contributed by atoms with Crippen LogP contribution in [0.4, 0.5) is 0 Å². The third-order valence-electron chi connectivity index (χ3n) is 3.17. The fourth-order valence-electron chi connectivity index (χ4n) is 2.11. The largest absolute Gasteiger partial charge is 0.442 e. The normalized spacial score (nSPS) is 12.0. The summed E-state index contributed by atoms with van der Waals surface area (Å²) in [5.41, 5.74) is -1.95. The van der Waals surface area contributed by atoms with E-state index in [1.54, 1.807) is 0 Å². The number of hydrogen-bond donors (Lipinski definition) is 3. The standard InChI is InChI=1S/C12H9Cl2N5O6S/c1-26(23,24)15-3-6-18-19(12(22)25-6)9-7(14)4(13)2-5-8(9)17-11(21)10(20)16-5/h2,15H,3H2,1H3,(H,16,20)(H,17,21). The summed E-state index contributed by atoms with van der Waals surface area (Å²) < 4.78 is 29.9. The summed E-state index contributed by atoms with van der Waals surface area (Å²) in [6, 6.07) is 1.29. The summed E-state index contributed by atoms with van der Waals surface area (Å²) in [5.74, 6) is -1.26. The molecule has 0 amide bonds. The zero-order valence-corrected chi connectivity index (χ0v) is 15.1.